The van der Waals surface area contributed by atoms with Crippen LogP contribution >= 0.6 is 0 Å². The Bertz CT molecular complexity index is 986. The lowest BCUT2D eigenvalue weighted by Gasteiger charge is -2.47. The van der Waals surface area contributed by atoms with Crippen LogP contribution in [-0.4, -0.2) is 52.1 Å². The molecule has 2 bridgehead atoms. The van der Waals surface area contributed by atoms with E-state index in [0.717, 1.165) is 19.3 Å². The number of Topliss-reactive ketones (excluding diaryl/α,β-unsaturated/α-hetero) is 1. The minimum atomic E-state index is -2.02. The minimum absolute atomic E-state index is 0.0103. The van der Waals surface area contributed by atoms with Crippen molar-refractivity contribution in [2.75, 3.05) is 13.2 Å². The van der Waals surface area contributed by atoms with Gasteiger partial charge >= 0.3 is 0 Å². The van der Waals surface area contributed by atoms with Crippen molar-refractivity contribution in [2.45, 2.75) is 155 Å². The van der Waals surface area contributed by atoms with Crippen molar-refractivity contribution in [3.05, 3.63) is 23.3 Å². The largest absolute Gasteiger partial charge is 0.386 e. The first-order chi connectivity index (χ1) is 20.5. The highest BCUT2D eigenvalue weighted by Crippen LogP contribution is 2.69. The van der Waals surface area contributed by atoms with Crippen molar-refractivity contribution < 1.29 is 29.9 Å². The molecule has 246 valence electrons. The van der Waals surface area contributed by atoms with E-state index in [1.165, 1.54) is 77.0 Å². The SMILES string of the molecule is CCCCCCCCCCCCCCCCOOCC1=C[C@@H]2C(=O)[C@]3(C=C(C)[C@H](O)[C@@]3(O)[C@@H]1O)C[C@H](C)C[C@@H]1[C@H]2C1(C)C. The molecule has 2 saturated carbocycles. The van der Waals surface area contributed by atoms with Crippen molar-refractivity contribution in [1.82, 2.24) is 0 Å². The molecule has 3 N–H and O–H groups in total. The first-order valence-electron chi connectivity index (χ1n) is 17.8. The van der Waals surface area contributed by atoms with E-state index in [4.69, 9.17) is 9.78 Å². The normalized spacial score (nSPS) is 36.2. The van der Waals surface area contributed by atoms with E-state index in [-0.39, 0.29) is 29.6 Å². The Morgan fingerprint density at radius 2 is 1.42 bits per heavy atom. The summed E-state index contributed by atoms with van der Waals surface area (Å²) in [6.07, 6.45) is 20.4. The van der Waals surface area contributed by atoms with Crippen LogP contribution in [-0.2, 0) is 14.6 Å². The monoisotopic (exact) mass is 602 g/mol. The number of carbonyl (C=O) groups is 1. The van der Waals surface area contributed by atoms with Gasteiger partial charge < -0.3 is 15.3 Å². The number of rotatable bonds is 18. The van der Waals surface area contributed by atoms with E-state index >= 15 is 0 Å². The molecule has 1 spiro atoms. The predicted octanol–water partition coefficient (Wildman–Crippen LogP) is 7.64. The Labute approximate surface area is 261 Å². The van der Waals surface area contributed by atoms with E-state index in [2.05, 4.69) is 27.7 Å². The Hall–Kier alpha value is -1.05. The number of hydrogen-bond acceptors (Lipinski definition) is 6. The predicted molar refractivity (Wildman–Crippen MR) is 171 cm³/mol. The van der Waals surface area contributed by atoms with Gasteiger partial charge in [0, 0.05) is 5.92 Å². The summed E-state index contributed by atoms with van der Waals surface area (Å²) in [7, 11) is 0. The molecule has 0 unspecified atom stereocenters. The Balaban J connectivity index is 1.22. The lowest BCUT2D eigenvalue weighted by molar-refractivity contribution is -0.291. The molecule has 4 rings (SSSR count). The fraction of sp³-hybridized carbons (Fsp3) is 0.865. The summed E-state index contributed by atoms with van der Waals surface area (Å²) in [6, 6.07) is 0. The summed E-state index contributed by atoms with van der Waals surface area (Å²) >= 11 is 0. The Morgan fingerprint density at radius 3 is 2.00 bits per heavy atom. The number of ketones is 1. The first kappa shape index (κ1) is 34.8. The molecule has 0 aromatic heterocycles. The van der Waals surface area contributed by atoms with E-state index in [9.17, 15) is 20.1 Å². The highest BCUT2D eigenvalue weighted by atomic mass is 17.2. The molecule has 0 aromatic rings. The number of allylic oxidation sites excluding steroid dienone is 1. The van der Waals surface area contributed by atoms with Crippen molar-refractivity contribution >= 4 is 5.78 Å². The molecule has 0 aromatic carbocycles. The molecule has 0 saturated heterocycles. The van der Waals surface area contributed by atoms with Crippen LogP contribution in [0.2, 0.25) is 0 Å². The highest BCUT2D eigenvalue weighted by Gasteiger charge is 2.72. The van der Waals surface area contributed by atoms with Gasteiger partial charge in [-0.25, -0.2) is 9.78 Å². The minimum Gasteiger partial charge on any atom is -0.386 e. The number of hydrogen-bond donors (Lipinski definition) is 3. The summed E-state index contributed by atoms with van der Waals surface area (Å²) in [5.41, 5.74) is -2.36. The van der Waals surface area contributed by atoms with Crippen LogP contribution in [0.4, 0.5) is 0 Å². The zero-order chi connectivity index (χ0) is 31.3. The standard InChI is InChI=1S/C37H62O6/c1-6-7-8-9-10-11-12-13-14-15-16-17-18-19-20-42-43-25-28-22-29-31-30(35(31,4)5)21-26(2)23-36(34(29)40)24-27(3)32(38)37(36,41)33(28)39/h22,24,26,29-33,38-39,41H,6-21,23,25H2,1-5H3/t26-,29+,30-,31+,32+,33-,36-,37-/m1/s1. The van der Waals surface area contributed by atoms with Gasteiger partial charge in [0.1, 0.15) is 24.4 Å². The fourth-order valence-electron chi connectivity index (χ4n) is 9.07. The molecule has 0 aliphatic heterocycles. The molecular weight excluding hydrogens is 540 g/mol. The van der Waals surface area contributed by atoms with Gasteiger partial charge in [-0.05, 0) is 60.5 Å². The third-order valence-electron chi connectivity index (χ3n) is 11.7. The van der Waals surface area contributed by atoms with Crippen LogP contribution in [0, 0.1) is 34.5 Å². The van der Waals surface area contributed by atoms with E-state index in [1.54, 1.807) is 13.0 Å². The van der Waals surface area contributed by atoms with Crippen LogP contribution in [0.5, 0.6) is 0 Å². The number of aliphatic hydroxyl groups excluding tert-OH is 2. The van der Waals surface area contributed by atoms with Gasteiger partial charge in [0.2, 0.25) is 0 Å². The average Bonchev–Trinajstić information content (AvgIpc) is 3.44. The summed E-state index contributed by atoms with van der Waals surface area (Å²) in [5, 5.41) is 35.0. The lowest BCUT2D eigenvalue weighted by Crippen LogP contribution is -2.63. The number of unbranched alkanes of at least 4 members (excludes halogenated alkanes) is 13. The maximum Gasteiger partial charge on any atom is 0.153 e. The van der Waals surface area contributed by atoms with Gasteiger partial charge in [0.15, 0.2) is 5.78 Å². The van der Waals surface area contributed by atoms with E-state index < -0.39 is 29.1 Å². The topological polar surface area (TPSA) is 96.2 Å². The van der Waals surface area contributed by atoms with Crippen molar-refractivity contribution in [2.24, 2.45) is 34.5 Å². The molecular formula is C37H62O6. The van der Waals surface area contributed by atoms with E-state index in [1.807, 2.05) is 6.08 Å². The van der Waals surface area contributed by atoms with Crippen LogP contribution < -0.4 is 0 Å². The fourth-order valence-corrected chi connectivity index (χ4v) is 9.07. The van der Waals surface area contributed by atoms with Gasteiger partial charge in [-0.1, -0.05) is 123 Å². The van der Waals surface area contributed by atoms with Crippen molar-refractivity contribution in [3.63, 3.8) is 0 Å². The highest BCUT2D eigenvalue weighted by molar-refractivity contribution is 5.94. The van der Waals surface area contributed by atoms with Crippen LogP contribution in [0.15, 0.2) is 23.3 Å². The maximum atomic E-state index is 14.4. The maximum absolute atomic E-state index is 14.4. The van der Waals surface area contributed by atoms with Gasteiger partial charge in [-0.3, -0.25) is 4.79 Å². The summed E-state index contributed by atoms with van der Waals surface area (Å²) < 4.78 is 0. The second kappa shape index (κ2) is 15.0. The zero-order valence-electron chi connectivity index (χ0n) is 27.9. The molecule has 0 radical (unpaired) electrons. The summed E-state index contributed by atoms with van der Waals surface area (Å²) in [5.74, 6) is 0.236. The average molecular weight is 603 g/mol. The molecule has 43 heavy (non-hydrogen) atoms. The van der Waals surface area contributed by atoms with Crippen LogP contribution in [0.1, 0.15) is 137 Å². The Kier molecular flexibility index (Phi) is 12.2. The second-order valence-electron chi connectivity index (χ2n) is 15.3. The van der Waals surface area contributed by atoms with Crippen molar-refractivity contribution in [1.29, 1.82) is 0 Å². The molecule has 0 amide bonds. The number of aliphatic hydroxyl groups is 3. The summed E-state index contributed by atoms with van der Waals surface area (Å²) in [6.45, 7) is 11.0. The van der Waals surface area contributed by atoms with Gasteiger partial charge in [0.05, 0.1) is 12.0 Å². The lowest BCUT2D eigenvalue weighted by atomic mass is 9.60. The quantitative estimate of drug-likeness (QED) is 0.0646. The third kappa shape index (κ3) is 7.19. The molecule has 4 aliphatic rings. The number of fused-ring (bicyclic) bond motifs is 3. The molecule has 6 heteroatoms. The zero-order valence-corrected chi connectivity index (χ0v) is 27.9. The molecule has 0 heterocycles. The van der Waals surface area contributed by atoms with Crippen LogP contribution in [0.3, 0.4) is 0 Å². The number of carbonyl (C=O) groups excluding carboxylic acids is 1. The van der Waals surface area contributed by atoms with Crippen molar-refractivity contribution in [3.8, 4) is 0 Å². The van der Waals surface area contributed by atoms with Crippen LogP contribution in [0.25, 0.3) is 0 Å². The first-order valence-corrected chi connectivity index (χ1v) is 17.8. The van der Waals surface area contributed by atoms with Gasteiger partial charge in [-0.15, -0.1) is 0 Å². The molecule has 2 fully saturated rings. The summed E-state index contributed by atoms with van der Waals surface area (Å²) in [4.78, 5) is 25.4. The second-order valence-corrected chi connectivity index (χ2v) is 15.3. The van der Waals surface area contributed by atoms with E-state index in [0.29, 0.717) is 30.1 Å². The third-order valence-corrected chi connectivity index (χ3v) is 11.7. The smallest absolute Gasteiger partial charge is 0.153 e. The molecule has 6 nitrogen and oxygen atoms in total. The van der Waals surface area contributed by atoms with Gasteiger partial charge in [0.25, 0.3) is 0 Å². The Morgan fingerprint density at radius 1 is 0.860 bits per heavy atom. The van der Waals surface area contributed by atoms with Gasteiger partial charge in [-0.2, -0.15) is 0 Å². The molecule has 4 aliphatic carbocycles. The molecule has 8 atom stereocenters.